The summed E-state index contributed by atoms with van der Waals surface area (Å²) in [7, 11) is 1.75. The summed E-state index contributed by atoms with van der Waals surface area (Å²) in [4.78, 5) is 55.3. The number of carbonyl (C=O) groups excluding carboxylic acids is 2. The zero-order chi connectivity index (χ0) is 31.6. The molecule has 0 unspecified atom stereocenters. The van der Waals surface area contributed by atoms with Gasteiger partial charge in [0.15, 0.2) is 16.4 Å². The van der Waals surface area contributed by atoms with Crippen LogP contribution in [0.5, 0.6) is 5.88 Å². The lowest BCUT2D eigenvalue weighted by atomic mass is 9.93. The van der Waals surface area contributed by atoms with Crippen LogP contribution in [0.1, 0.15) is 64.0 Å². The first-order valence-electron chi connectivity index (χ1n) is 15.0. The number of carboxylic acids is 1. The fraction of sp³-hybridized carbons (Fsp3) is 0.500. The number of fused-ring (bicyclic) bond motifs is 1. The number of aromatic nitrogens is 3. The first kappa shape index (κ1) is 32.3. The zero-order valence-corrected chi connectivity index (χ0v) is 28.1. The predicted octanol–water partition coefficient (Wildman–Crippen LogP) is 5.61. The molecular formula is C32H38IN5O5S. The summed E-state index contributed by atoms with van der Waals surface area (Å²) in [6.45, 7) is 8.48. The van der Waals surface area contributed by atoms with E-state index in [1.54, 1.807) is 11.9 Å². The third-order valence-electron chi connectivity index (χ3n) is 8.46. The van der Waals surface area contributed by atoms with Crippen LogP contribution in [-0.4, -0.2) is 71.9 Å². The molecule has 0 radical (unpaired) electrons. The molecule has 2 saturated carbocycles. The molecule has 12 heteroatoms. The number of unbranched alkanes of at least 4 members (excludes halogenated alkanes) is 2. The van der Waals surface area contributed by atoms with Gasteiger partial charge in [0.25, 0.3) is 0 Å². The van der Waals surface area contributed by atoms with Crippen molar-refractivity contribution in [1.82, 2.24) is 25.2 Å². The Bertz CT molecular complexity index is 1560. The molecule has 3 aromatic rings. The van der Waals surface area contributed by atoms with Gasteiger partial charge >= 0.3 is 5.97 Å². The third kappa shape index (κ3) is 6.75. The molecule has 5 rings (SSSR count). The van der Waals surface area contributed by atoms with Crippen molar-refractivity contribution in [2.24, 2.45) is 11.8 Å². The second-order valence-corrected chi connectivity index (χ2v) is 14.4. The van der Waals surface area contributed by atoms with Gasteiger partial charge in [0.2, 0.25) is 17.7 Å². The molecule has 10 nitrogen and oxygen atoms in total. The second-order valence-electron chi connectivity index (χ2n) is 12.0. The van der Waals surface area contributed by atoms with Gasteiger partial charge in [-0.1, -0.05) is 54.6 Å². The number of carbonyl (C=O) groups is 3. The van der Waals surface area contributed by atoms with E-state index in [9.17, 15) is 19.5 Å². The summed E-state index contributed by atoms with van der Waals surface area (Å²) >= 11 is 3.53. The summed E-state index contributed by atoms with van der Waals surface area (Å²) in [5, 5.41) is 16.0. The van der Waals surface area contributed by atoms with E-state index in [0.717, 1.165) is 30.3 Å². The number of halogens is 1. The fourth-order valence-corrected chi connectivity index (χ4v) is 7.70. The standard InChI is InChI=1S/C32H38IN5O5S/c1-5-6-7-10-13-38(4)30(40)22-15-19(14-21(22)27(39)37-32(31(41)42)16-25(32)33)43-28-20-11-8-9-12-23(20)34-26(36-28)29-35-24(17-44-29)18(2)3/h5,8-9,11-12,17-19,21-22,25H,1,6-7,10,13-16H2,2-4H3,(H,37,39)(H,41,42)/t19-,21-,22-,25-,32-/m1/s1. The van der Waals surface area contributed by atoms with E-state index in [1.165, 1.54) is 11.3 Å². The number of hydrogen-bond acceptors (Lipinski definition) is 8. The summed E-state index contributed by atoms with van der Waals surface area (Å²) in [6.07, 6.45) is 4.90. The van der Waals surface area contributed by atoms with Crippen molar-refractivity contribution in [3.05, 3.63) is 48.0 Å². The zero-order valence-electron chi connectivity index (χ0n) is 25.2. The van der Waals surface area contributed by atoms with Gasteiger partial charge in [-0.3, -0.25) is 9.59 Å². The highest BCUT2D eigenvalue weighted by atomic mass is 127. The van der Waals surface area contributed by atoms with Crippen molar-refractivity contribution in [2.75, 3.05) is 13.6 Å². The highest BCUT2D eigenvalue weighted by molar-refractivity contribution is 14.1. The quantitative estimate of drug-likeness (QED) is 0.100. The summed E-state index contributed by atoms with van der Waals surface area (Å²) in [6, 6.07) is 7.57. The van der Waals surface area contributed by atoms with Crippen LogP contribution < -0.4 is 10.1 Å². The lowest BCUT2D eigenvalue weighted by molar-refractivity contribution is -0.145. The number of nitrogens with one attached hydrogen (secondary N) is 1. The van der Waals surface area contributed by atoms with Crippen LogP contribution in [0.25, 0.3) is 21.7 Å². The van der Waals surface area contributed by atoms with E-state index in [1.807, 2.05) is 35.7 Å². The van der Waals surface area contributed by atoms with Crippen molar-refractivity contribution in [3.8, 4) is 16.7 Å². The number of benzene rings is 1. The molecule has 2 amide bonds. The Kier molecular flexibility index (Phi) is 9.88. The molecular weight excluding hydrogens is 693 g/mol. The number of nitrogens with zero attached hydrogens (tertiary/aromatic N) is 4. The van der Waals surface area contributed by atoms with Crippen LogP contribution in [0.3, 0.4) is 0 Å². The molecule has 0 aliphatic heterocycles. The van der Waals surface area contributed by atoms with E-state index in [-0.39, 0.29) is 22.2 Å². The third-order valence-corrected chi connectivity index (χ3v) is 10.8. The average Bonchev–Trinajstić information content (AvgIpc) is 3.34. The minimum absolute atomic E-state index is 0.140. The topological polar surface area (TPSA) is 135 Å². The summed E-state index contributed by atoms with van der Waals surface area (Å²) in [5.74, 6) is -1.90. The fourth-order valence-electron chi connectivity index (χ4n) is 5.67. The number of amides is 2. The normalized spacial score (nSPS) is 24.3. The molecule has 2 heterocycles. The van der Waals surface area contributed by atoms with Gasteiger partial charge in [0.1, 0.15) is 6.10 Å². The summed E-state index contributed by atoms with van der Waals surface area (Å²) < 4.78 is 6.31. The monoisotopic (exact) mass is 731 g/mol. The lowest BCUT2D eigenvalue weighted by Gasteiger charge is -2.25. The number of para-hydroxylation sites is 1. The van der Waals surface area contributed by atoms with Crippen molar-refractivity contribution in [3.63, 3.8) is 0 Å². The van der Waals surface area contributed by atoms with Crippen LogP contribution in [0.15, 0.2) is 42.3 Å². The number of rotatable bonds is 13. The molecule has 234 valence electrons. The Balaban J connectivity index is 1.41. The smallest absolute Gasteiger partial charge is 0.330 e. The minimum Gasteiger partial charge on any atom is -0.479 e. The maximum Gasteiger partial charge on any atom is 0.330 e. The molecule has 2 aliphatic rings. The molecule has 0 bridgehead atoms. The average molecular weight is 732 g/mol. The van der Waals surface area contributed by atoms with Gasteiger partial charge in [-0.2, -0.15) is 4.98 Å². The molecule has 1 aromatic carbocycles. The molecule has 0 saturated heterocycles. The number of allylic oxidation sites excluding steroid dienone is 1. The van der Waals surface area contributed by atoms with E-state index in [2.05, 4.69) is 48.3 Å². The summed E-state index contributed by atoms with van der Waals surface area (Å²) in [5.41, 5.74) is 0.381. The lowest BCUT2D eigenvalue weighted by Crippen LogP contribution is -2.49. The second kappa shape index (κ2) is 13.5. The van der Waals surface area contributed by atoms with E-state index >= 15 is 0 Å². The Morgan fingerprint density at radius 3 is 2.59 bits per heavy atom. The number of aliphatic carboxylic acids is 1. The van der Waals surface area contributed by atoms with Crippen LogP contribution in [0.4, 0.5) is 0 Å². The highest BCUT2D eigenvalue weighted by Crippen LogP contribution is 2.45. The van der Waals surface area contributed by atoms with E-state index in [4.69, 9.17) is 19.7 Å². The number of thiazole rings is 1. The van der Waals surface area contributed by atoms with Gasteiger partial charge in [0, 0.05) is 22.9 Å². The number of hydrogen-bond donors (Lipinski definition) is 2. The van der Waals surface area contributed by atoms with Crippen LogP contribution in [0.2, 0.25) is 0 Å². The van der Waals surface area contributed by atoms with Crippen LogP contribution >= 0.6 is 33.9 Å². The largest absolute Gasteiger partial charge is 0.479 e. The van der Waals surface area contributed by atoms with E-state index in [0.29, 0.717) is 41.6 Å². The Morgan fingerprint density at radius 2 is 1.93 bits per heavy atom. The van der Waals surface area contributed by atoms with Crippen molar-refractivity contribution >= 4 is 62.6 Å². The Hall–Kier alpha value is -3.13. The molecule has 44 heavy (non-hydrogen) atoms. The predicted molar refractivity (Wildman–Crippen MR) is 178 cm³/mol. The first-order valence-corrected chi connectivity index (χ1v) is 17.1. The molecule has 2 aromatic heterocycles. The molecule has 2 fully saturated rings. The van der Waals surface area contributed by atoms with Crippen LogP contribution in [-0.2, 0) is 14.4 Å². The van der Waals surface area contributed by atoms with Gasteiger partial charge in [-0.05, 0) is 56.6 Å². The van der Waals surface area contributed by atoms with Crippen molar-refractivity contribution in [2.45, 2.75) is 73.9 Å². The minimum atomic E-state index is -1.29. The maximum atomic E-state index is 13.7. The van der Waals surface area contributed by atoms with Gasteiger partial charge in [-0.15, -0.1) is 17.9 Å². The molecule has 0 spiro atoms. The maximum absolute atomic E-state index is 13.7. The number of carboxylic acid groups (broad SMARTS) is 1. The van der Waals surface area contributed by atoms with Gasteiger partial charge in [-0.25, -0.2) is 14.8 Å². The first-order chi connectivity index (χ1) is 21.0. The van der Waals surface area contributed by atoms with Gasteiger partial charge < -0.3 is 20.1 Å². The van der Waals surface area contributed by atoms with Crippen molar-refractivity contribution in [1.29, 1.82) is 0 Å². The Morgan fingerprint density at radius 1 is 1.20 bits per heavy atom. The van der Waals surface area contributed by atoms with Crippen molar-refractivity contribution < 1.29 is 24.2 Å². The molecule has 5 atom stereocenters. The van der Waals surface area contributed by atoms with Gasteiger partial charge in [0.05, 0.1) is 28.4 Å². The van der Waals surface area contributed by atoms with Crippen LogP contribution in [0, 0.1) is 11.8 Å². The number of ether oxygens (including phenoxy) is 1. The molecule has 2 N–H and O–H groups in total. The SMILES string of the molecule is C=CCCCCN(C)C(=O)[C@@H]1C[C@H](Oc2nc(-c3nc(C(C)C)cs3)nc3ccccc23)C[C@H]1C(=O)N[C@]1(C(=O)O)C[C@H]1I. The Labute approximate surface area is 274 Å². The number of alkyl halides is 1. The van der Waals surface area contributed by atoms with E-state index < -0.39 is 35.4 Å². The molecule has 2 aliphatic carbocycles. The highest BCUT2D eigenvalue weighted by Gasteiger charge is 2.61.